The first-order chi connectivity index (χ1) is 10.2. The van der Waals surface area contributed by atoms with Crippen LogP contribution in [0.4, 0.5) is 0 Å². The first-order valence-corrected chi connectivity index (χ1v) is 6.56. The molecule has 21 heavy (non-hydrogen) atoms. The van der Waals surface area contributed by atoms with Crippen LogP contribution in [0.2, 0.25) is 0 Å². The minimum atomic E-state index is -0.490. The molecule has 0 saturated carbocycles. The smallest absolute Gasteiger partial charge is 0.226 e. The molecule has 0 aliphatic carbocycles. The molecule has 0 aromatic heterocycles. The largest absolute Gasteiger partial charge is 0.489 e. The summed E-state index contributed by atoms with van der Waals surface area (Å²) >= 11 is 0. The highest BCUT2D eigenvalue weighted by molar-refractivity contribution is 5.83. The van der Waals surface area contributed by atoms with Crippen LogP contribution in [-0.4, -0.2) is 5.91 Å². The van der Waals surface area contributed by atoms with E-state index in [1.54, 1.807) is 31.2 Å². The Morgan fingerprint density at radius 3 is 2.48 bits per heavy atom. The van der Waals surface area contributed by atoms with Gasteiger partial charge < -0.3 is 4.74 Å². The van der Waals surface area contributed by atoms with E-state index < -0.39 is 11.8 Å². The Hall–Kier alpha value is -2.78. The first-order valence-electron chi connectivity index (χ1n) is 6.56. The van der Waals surface area contributed by atoms with Crippen LogP contribution in [0.25, 0.3) is 10.4 Å². The number of ether oxygens (including phenoxy) is 1. The number of carbonyl (C=O) groups excluding carboxylic acids is 1. The zero-order valence-electron chi connectivity index (χ0n) is 11.6. The summed E-state index contributed by atoms with van der Waals surface area (Å²) in [4.78, 5) is 14.0. The van der Waals surface area contributed by atoms with Gasteiger partial charge in [-0.25, -0.2) is 0 Å². The van der Waals surface area contributed by atoms with E-state index in [0.717, 1.165) is 16.9 Å². The number of carbonyl (C=O) groups is 1. The standard InChI is InChI=1S/C16H15N3O2/c1-12(16(20)18-19-17)14-7-9-15(10-8-14)21-11-13-5-3-2-4-6-13/h2-10,12H,11H2,1H3. The van der Waals surface area contributed by atoms with Crippen molar-refractivity contribution in [2.75, 3.05) is 0 Å². The van der Waals surface area contributed by atoms with Gasteiger partial charge >= 0.3 is 0 Å². The number of amides is 1. The van der Waals surface area contributed by atoms with Gasteiger partial charge in [-0.1, -0.05) is 49.4 Å². The highest BCUT2D eigenvalue weighted by atomic mass is 16.5. The fraction of sp³-hybridized carbons (Fsp3) is 0.188. The summed E-state index contributed by atoms with van der Waals surface area (Å²) in [5, 5.41) is 3.11. The quantitative estimate of drug-likeness (QED) is 0.467. The summed E-state index contributed by atoms with van der Waals surface area (Å²) in [5.41, 5.74) is 10.2. The molecule has 0 saturated heterocycles. The molecule has 0 radical (unpaired) electrons. The van der Waals surface area contributed by atoms with Crippen LogP contribution in [0.3, 0.4) is 0 Å². The highest BCUT2D eigenvalue weighted by Crippen LogP contribution is 2.21. The third kappa shape index (κ3) is 4.09. The lowest BCUT2D eigenvalue weighted by Crippen LogP contribution is -2.05. The van der Waals surface area contributed by atoms with Crippen molar-refractivity contribution in [2.24, 2.45) is 5.11 Å². The maximum absolute atomic E-state index is 11.5. The molecule has 0 aliphatic heterocycles. The monoisotopic (exact) mass is 281 g/mol. The predicted octanol–water partition coefficient (Wildman–Crippen LogP) is 4.21. The topological polar surface area (TPSA) is 75.1 Å². The third-order valence-corrected chi connectivity index (χ3v) is 3.14. The summed E-state index contributed by atoms with van der Waals surface area (Å²) in [7, 11) is 0. The predicted molar refractivity (Wildman–Crippen MR) is 79.8 cm³/mol. The molecule has 0 spiro atoms. The molecule has 5 heteroatoms. The van der Waals surface area contributed by atoms with E-state index in [2.05, 4.69) is 10.0 Å². The van der Waals surface area contributed by atoms with Crippen molar-refractivity contribution in [3.8, 4) is 5.75 Å². The number of hydrogen-bond acceptors (Lipinski definition) is 2. The SMILES string of the molecule is CC(C(=O)N=[N+]=[N-])c1ccc(OCc2ccccc2)cc1. The lowest BCUT2D eigenvalue weighted by molar-refractivity contribution is -0.119. The van der Waals surface area contributed by atoms with Gasteiger partial charge in [-0.15, -0.1) is 0 Å². The second-order valence-corrected chi connectivity index (χ2v) is 4.59. The van der Waals surface area contributed by atoms with Gasteiger partial charge in [0.15, 0.2) is 0 Å². The van der Waals surface area contributed by atoms with Gasteiger partial charge in [-0.05, 0) is 33.9 Å². The average molecular weight is 281 g/mol. The van der Waals surface area contributed by atoms with E-state index in [4.69, 9.17) is 10.3 Å². The van der Waals surface area contributed by atoms with Gasteiger partial charge in [0.1, 0.15) is 12.4 Å². The summed E-state index contributed by atoms with van der Waals surface area (Å²) in [6, 6.07) is 17.1. The molecule has 2 aromatic carbocycles. The molecule has 0 N–H and O–H groups in total. The Labute approximate surface area is 122 Å². The summed E-state index contributed by atoms with van der Waals surface area (Å²) in [6.45, 7) is 2.20. The Morgan fingerprint density at radius 2 is 1.86 bits per heavy atom. The van der Waals surface area contributed by atoms with Crippen LogP contribution in [0.5, 0.6) is 5.75 Å². The van der Waals surface area contributed by atoms with Crippen LogP contribution < -0.4 is 4.74 Å². The maximum atomic E-state index is 11.5. The maximum Gasteiger partial charge on any atom is 0.226 e. The number of benzene rings is 2. The van der Waals surface area contributed by atoms with E-state index in [1.165, 1.54) is 0 Å². The van der Waals surface area contributed by atoms with Gasteiger partial charge in [0, 0.05) is 10.8 Å². The van der Waals surface area contributed by atoms with Crippen LogP contribution in [0, 0.1) is 0 Å². The number of nitrogens with zero attached hydrogens (tertiary/aromatic N) is 3. The number of rotatable bonds is 5. The lowest BCUT2D eigenvalue weighted by atomic mass is 10.0. The average Bonchev–Trinajstić information content (AvgIpc) is 2.54. The molecule has 0 fully saturated rings. The summed E-state index contributed by atoms with van der Waals surface area (Å²) in [6.07, 6.45) is 0. The molecule has 1 atom stereocenters. The zero-order chi connectivity index (χ0) is 15.1. The van der Waals surface area contributed by atoms with Gasteiger partial charge in [-0.2, -0.15) is 0 Å². The van der Waals surface area contributed by atoms with Crippen LogP contribution in [-0.2, 0) is 11.4 Å². The number of hydrogen-bond donors (Lipinski definition) is 0. The Kier molecular flexibility index (Phi) is 4.96. The third-order valence-electron chi connectivity index (χ3n) is 3.14. The zero-order valence-corrected chi connectivity index (χ0v) is 11.6. The highest BCUT2D eigenvalue weighted by Gasteiger charge is 2.13. The Balaban J connectivity index is 1.99. The second-order valence-electron chi connectivity index (χ2n) is 4.59. The van der Waals surface area contributed by atoms with Crippen molar-refractivity contribution in [3.63, 3.8) is 0 Å². The molecule has 5 nitrogen and oxygen atoms in total. The molecule has 1 amide bonds. The van der Waals surface area contributed by atoms with Crippen molar-refractivity contribution in [3.05, 3.63) is 76.2 Å². The van der Waals surface area contributed by atoms with Crippen molar-refractivity contribution >= 4 is 5.91 Å². The van der Waals surface area contributed by atoms with E-state index in [1.807, 2.05) is 30.3 Å². The van der Waals surface area contributed by atoms with Gasteiger partial charge in [-0.3, -0.25) is 4.79 Å². The first kappa shape index (κ1) is 14.6. The van der Waals surface area contributed by atoms with E-state index in [0.29, 0.717) is 6.61 Å². The van der Waals surface area contributed by atoms with E-state index >= 15 is 0 Å². The van der Waals surface area contributed by atoms with Crippen molar-refractivity contribution in [1.29, 1.82) is 0 Å². The Bertz CT molecular complexity index is 647. The summed E-state index contributed by atoms with van der Waals surface area (Å²) in [5.74, 6) is -0.217. The molecular formula is C16H15N3O2. The van der Waals surface area contributed by atoms with Crippen LogP contribution >= 0.6 is 0 Å². The molecule has 2 rings (SSSR count). The fourth-order valence-electron chi connectivity index (χ4n) is 1.87. The Morgan fingerprint density at radius 1 is 1.19 bits per heavy atom. The normalized spacial score (nSPS) is 11.3. The lowest BCUT2D eigenvalue weighted by Gasteiger charge is -2.10. The van der Waals surface area contributed by atoms with Crippen molar-refractivity contribution in [2.45, 2.75) is 19.4 Å². The van der Waals surface area contributed by atoms with Gasteiger partial charge in [0.25, 0.3) is 0 Å². The minimum absolute atomic E-state index is 0.455. The van der Waals surface area contributed by atoms with E-state index in [-0.39, 0.29) is 0 Å². The number of azide groups is 1. The van der Waals surface area contributed by atoms with Gasteiger partial charge in [0.2, 0.25) is 5.91 Å². The van der Waals surface area contributed by atoms with E-state index in [9.17, 15) is 4.79 Å². The van der Waals surface area contributed by atoms with Crippen molar-refractivity contribution < 1.29 is 9.53 Å². The van der Waals surface area contributed by atoms with Gasteiger partial charge in [0.05, 0.1) is 0 Å². The molecule has 0 heterocycles. The molecule has 2 aromatic rings. The summed E-state index contributed by atoms with van der Waals surface area (Å²) < 4.78 is 5.67. The molecular weight excluding hydrogens is 266 g/mol. The minimum Gasteiger partial charge on any atom is -0.489 e. The van der Waals surface area contributed by atoms with Crippen molar-refractivity contribution in [1.82, 2.24) is 0 Å². The molecule has 1 unspecified atom stereocenters. The second kappa shape index (κ2) is 7.12. The van der Waals surface area contributed by atoms with Crippen LogP contribution in [0.1, 0.15) is 24.0 Å². The fourth-order valence-corrected chi connectivity index (χ4v) is 1.87. The molecule has 106 valence electrons. The molecule has 0 aliphatic rings. The molecule has 0 bridgehead atoms. The van der Waals surface area contributed by atoms with Crippen LogP contribution in [0.15, 0.2) is 59.7 Å².